The van der Waals surface area contributed by atoms with Crippen LogP contribution >= 0.6 is 11.8 Å². The standard InChI is InChI=1S/C12H26N2S/c1-12-11-14(9-7-13-12)8-5-3-4-6-10-15-2/h12-13H,3-11H2,1-2H3. The lowest BCUT2D eigenvalue weighted by molar-refractivity contribution is 0.203. The summed E-state index contributed by atoms with van der Waals surface area (Å²) in [6.07, 6.45) is 7.82. The van der Waals surface area contributed by atoms with E-state index in [0.29, 0.717) is 6.04 Å². The van der Waals surface area contributed by atoms with Crippen molar-refractivity contribution >= 4 is 11.8 Å². The molecule has 2 nitrogen and oxygen atoms in total. The number of nitrogens with one attached hydrogen (secondary N) is 1. The van der Waals surface area contributed by atoms with Gasteiger partial charge in [-0.1, -0.05) is 12.8 Å². The number of hydrogen-bond acceptors (Lipinski definition) is 3. The van der Waals surface area contributed by atoms with Crippen molar-refractivity contribution in [2.75, 3.05) is 38.2 Å². The van der Waals surface area contributed by atoms with Crippen molar-refractivity contribution in [2.24, 2.45) is 0 Å². The van der Waals surface area contributed by atoms with E-state index in [1.165, 1.54) is 57.6 Å². The average Bonchev–Trinajstić information content (AvgIpc) is 2.23. The molecule has 1 atom stereocenters. The Hall–Kier alpha value is 0.270. The second kappa shape index (κ2) is 8.43. The van der Waals surface area contributed by atoms with Crippen LogP contribution in [0.2, 0.25) is 0 Å². The molecule has 1 fully saturated rings. The molecule has 0 saturated carbocycles. The summed E-state index contributed by atoms with van der Waals surface area (Å²) < 4.78 is 0. The van der Waals surface area contributed by atoms with Crippen molar-refractivity contribution in [3.05, 3.63) is 0 Å². The lowest BCUT2D eigenvalue weighted by atomic mass is 10.1. The molecule has 15 heavy (non-hydrogen) atoms. The molecule has 0 aromatic rings. The average molecular weight is 230 g/mol. The third kappa shape index (κ3) is 6.44. The minimum Gasteiger partial charge on any atom is -0.312 e. The van der Waals surface area contributed by atoms with Crippen molar-refractivity contribution in [2.45, 2.75) is 38.6 Å². The second-order valence-electron chi connectivity index (χ2n) is 4.56. The van der Waals surface area contributed by atoms with E-state index < -0.39 is 0 Å². The molecule has 0 aromatic carbocycles. The molecule has 90 valence electrons. The van der Waals surface area contributed by atoms with Gasteiger partial charge in [-0.25, -0.2) is 0 Å². The van der Waals surface area contributed by atoms with Crippen LogP contribution in [0.3, 0.4) is 0 Å². The highest BCUT2D eigenvalue weighted by Gasteiger charge is 2.14. The first kappa shape index (κ1) is 13.3. The molecule has 0 amide bonds. The van der Waals surface area contributed by atoms with Gasteiger partial charge in [0.2, 0.25) is 0 Å². The Bertz CT molecular complexity index is 153. The fourth-order valence-electron chi connectivity index (χ4n) is 2.15. The Balaban J connectivity index is 1.90. The third-order valence-electron chi connectivity index (χ3n) is 3.03. The van der Waals surface area contributed by atoms with E-state index in [2.05, 4.69) is 23.4 Å². The van der Waals surface area contributed by atoms with Crippen LogP contribution in [0.4, 0.5) is 0 Å². The maximum absolute atomic E-state index is 3.49. The van der Waals surface area contributed by atoms with Gasteiger partial charge in [-0.05, 0) is 38.3 Å². The van der Waals surface area contributed by atoms with Gasteiger partial charge >= 0.3 is 0 Å². The van der Waals surface area contributed by atoms with Crippen LogP contribution in [0.15, 0.2) is 0 Å². The summed E-state index contributed by atoms with van der Waals surface area (Å²) in [7, 11) is 0. The summed E-state index contributed by atoms with van der Waals surface area (Å²) in [4.78, 5) is 2.61. The summed E-state index contributed by atoms with van der Waals surface area (Å²) in [6.45, 7) is 7.25. The van der Waals surface area contributed by atoms with Crippen LogP contribution in [0.25, 0.3) is 0 Å². The van der Waals surface area contributed by atoms with Crippen LogP contribution in [0.5, 0.6) is 0 Å². The zero-order valence-electron chi connectivity index (χ0n) is 10.3. The number of thioether (sulfide) groups is 1. The second-order valence-corrected chi connectivity index (χ2v) is 5.55. The van der Waals surface area contributed by atoms with Crippen molar-refractivity contribution in [1.29, 1.82) is 0 Å². The Morgan fingerprint density at radius 3 is 2.80 bits per heavy atom. The molecule has 3 heteroatoms. The maximum Gasteiger partial charge on any atom is 0.0167 e. The minimum absolute atomic E-state index is 0.690. The quantitative estimate of drug-likeness (QED) is 0.675. The first-order chi connectivity index (χ1) is 7.33. The molecule has 0 radical (unpaired) electrons. The summed E-state index contributed by atoms with van der Waals surface area (Å²) in [5.41, 5.74) is 0. The highest BCUT2D eigenvalue weighted by atomic mass is 32.2. The van der Waals surface area contributed by atoms with E-state index in [-0.39, 0.29) is 0 Å². The molecule has 0 aliphatic carbocycles. The molecule has 1 aliphatic heterocycles. The Morgan fingerprint density at radius 2 is 2.07 bits per heavy atom. The van der Waals surface area contributed by atoms with Gasteiger partial charge in [-0.2, -0.15) is 11.8 Å². The van der Waals surface area contributed by atoms with Gasteiger partial charge in [0, 0.05) is 25.7 Å². The Kier molecular flexibility index (Phi) is 7.49. The SMILES string of the molecule is CSCCCCCCN1CCNC(C)C1. The number of rotatable bonds is 7. The molecule has 1 rings (SSSR count). The molecule has 0 spiro atoms. The zero-order chi connectivity index (χ0) is 10.9. The fraction of sp³-hybridized carbons (Fsp3) is 1.00. The first-order valence-electron chi connectivity index (χ1n) is 6.27. The van der Waals surface area contributed by atoms with Crippen LogP contribution in [0.1, 0.15) is 32.6 Å². The number of hydrogen-bond donors (Lipinski definition) is 1. The number of piperazine rings is 1. The molecule has 0 bridgehead atoms. The van der Waals surface area contributed by atoms with Gasteiger partial charge < -0.3 is 10.2 Å². The normalized spacial score (nSPS) is 23.2. The van der Waals surface area contributed by atoms with Gasteiger partial charge in [-0.3, -0.25) is 0 Å². The van der Waals surface area contributed by atoms with Gasteiger partial charge in [0.15, 0.2) is 0 Å². The van der Waals surface area contributed by atoms with Crippen LogP contribution < -0.4 is 5.32 Å². The fourth-order valence-corrected chi connectivity index (χ4v) is 2.64. The highest BCUT2D eigenvalue weighted by molar-refractivity contribution is 7.98. The zero-order valence-corrected chi connectivity index (χ0v) is 11.1. The topological polar surface area (TPSA) is 15.3 Å². The van der Waals surface area contributed by atoms with Crippen molar-refractivity contribution < 1.29 is 0 Å². The van der Waals surface area contributed by atoms with Gasteiger partial charge in [0.05, 0.1) is 0 Å². The molecule has 0 aromatic heterocycles. The van der Waals surface area contributed by atoms with Gasteiger partial charge in [0.1, 0.15) is 0 Å². The van der Waals surface area contributed by atoms with Crippen LogP contribution in [0, 0.1) is 0 Å². The Labute approximate surface area is 99.2 Å². The molecule has 1 heterocycles. The third-order valence-corrected chi connectivity index (χ3v) is 3.72. The summed E-state index contributed by atoms with van der Waals surface area (Å²) in [5.74, 6) is 1.34. The number of nitrogens with zero attached hydrogens (tertiary/aromatic N) is 1. The first-order valence-corrected chi connectivity index (χ1v) is 7.67. The minimum atomic E-state index is 0.690. The smallest absolute Gasteiger partial charge is 0.0167 e. The molecular weight excluding hydrogens is 204 g/mol. The Morgan fingerprint density at radius 1 is 1.27 bits per heavy atom. The summed E-state index contributed by atoms with van der Waals surface area (Å²) in [5, 5.41) is 3.49. The molecule has 1 saturated heterocycles. The molecule has 1 unspecified atom stereocenters. The summed E-state index contributed by atoms with van der Waals surface area (Å²) in [6, 6.07) is 0.690. The van der Waals surface area contributed by atoms with Crippen molar-refractivity contribution in [1.82, 2.24) is 10.2 Å². The largest absolute Gasteiger partial charge is 0.312 e. The summed E-state index contributed by atoms with van der Waals surface area (Å²) >= 11 is 1.97. The van der Waals surface area contributed by atoms with Gasteiger partial charge in [-0.15, -0.1) is 0 Å². The van der Waals surface area contributed by atoms with E-state index in [1.807, 2.05) is 11.8 Å². The van der Waals surface area contributed by atoms with Crippen molar-refractivity contribution in [3.8, 4) is 0 Å². The van der Waals surface area contributed by atoms with Crippen molar-refractivity contribution in [3.63, 3.8) is 0 Å². The van der Waals surface area contributed by atoms with Crippen LogP contribution in [-0.4, -0.2) is 49.1 Å². The highest BCUT2D eigenvalue weighted by Crippen LogP contribution is 2.06. The van der Waals surface area contributed by atoms with E-state index >= 15 is 0 Å². The lowest BCUT2D eigenvalue weighted by Gasteiger charge is -2.31. The van der Waals surface area contributed by atoms with E-state index in [9.17, 15) is 0 Å². The molecular formula is C12H26N2S. The van der Waals surface area contributed by atoms with Gasteiger partial charge in [0.25, 0.3) is 0 Å². The number of unbranched alkanes of at least 4 members (excludes halogenated alkanes) is 3. The maximum atomic E-state index is 3.49. The van der Waals surface area contributed by atoms with Crippen LogP contribution in [-0.2, 0) is 0 Å². The molecule has 1 N–H and O–H groups in total. The predicted octanol–water partition coefficient (Wildman–Crippen LogP) is 2.20. The lowest BCUT2D eigenvalue weighted by Crippen LogP contribution is -2.49. The van der Waals surface area contributed by atoms with E-state index in [0.717, 1.165) is 0 Å². The monoisotopic (exact) mass is 230 g/mol. The predicted molar refractivity (Wildman–Crippen MR) is 70.8 cm³/mol. The van der Waals surface area contributed by atoms with E-state index in [4.69, 9.17) is 0 Å². The molecule has 1 aliphatic rings. The van der Waals surface area contributed by atoms with E-state index in [1.54, 1.807) is 0 Å².